The molecule has 0 aliphatic carbocycles. The molecule has 130 valence electrons. The zero-order valence-corrected chi connectivity index (χ0v) is 15.7. The van der Waals surface area contributed by atoms with Crippen LogP contribution in [0.25, 0.3) is 0 Å². The molecule has 1 heterocycles. The van der Waals surface area contributed by atoms with E-state index in [0.717, 1.165) is 33.9 Å². The standard InChI is InChI=1S/C23H23N3/c1-16-8-10-22(18(3)12-16)24-14-20-6-5-7-21(26-20)15-25-23-11-9-17(2)13-19(23)4/h5-15H,1-4H3/b24-14+,25-15+. The fourth-order valence-corrected chi connectivity index (χ4v) is 2.78. The lowest BCUT2D eigenvalue weighted by Crippen LogP contribution is -1.93. The van der Waals surface area contributed by atoms with Gasteiger partial charge in [0.05, 0.1) is 35.2 Å². The molecule has 0 radical (unpaired) electrons. The number of aryl methyl sites for hydroxylation is 4. The molecule has 3 heteroatoms. The van der Waals surface area contributed by atoms with Gasteiger partial charge in [-0.05, 0) is 63.1 Å². The molecule has 0 N–H and O–H groups in total. The molecular weight excluding hydrogens is 318 g/mol. The zero-order valence-electron chi connectivity index (χ0n) is 15.7. The second-order valence-corrected chi connectivity index (χ2v) is 6.58. The van der Waals surface area contributed by atoms with Crippen LogP contribution < -0.4 is 0 Å². The van der Waals surface area contributed by atoms with E-state index in [2.05, 4.69) is 66.9 Å². The van der Waals surface area contributed by atoms with Crippen molar-refractivity contribution >= 4 is 23.8 Å². The highest BCUT2D eigenvalue weighted by Crippen LogP contribution is 2.20. The Morgan fingerprint density at radius 1 is 0.654 bits per heavy atom. The topological polar surface area (TPSA) is 37.6 Å². The van der Waals surface area contributed by atoms with Crippen molar-refractivity contribution in [1.29, 1.82) is 0 Å². The van der Waals surface area contributed by atoms with Crippen molar-refractivity contribution in [2.75, 3.05) is 0 Å². The van der Waals surface area contributed by atoms with E-state index in [-0.39, 0.29) is 0 Å². The second-order valence-electron chi connectivity index (χ2n) is 6.58. The molecule has 2 aromatic carbocycles. The zero-order chi connectivity index (χ0) is 18.5. The van der Waals surface area contributed by atoms with E-state index in [1.165, 1.54) is 11.1 Å². The largest absolute Gasteiger partial charge is 0.254 e. The number of rotatable bonds is 4. The minimum Gasteiger partial charge on any atom is -0.254 e. The summed E-state index contributed by atoms with van der Waals surface area (Å²) in [5, 5.41) is 0. The van der Waals surface area contributed by atoms with Crippen LogP contribution in [0, 0.1) is 27.7 Å². The van der Waals surface area contributed by atoms with Crippen LogP contribution in [0.1, 0.15) is 33.6 Å². The third kappa shape index (κ3) is 4.51. The molecule has 0 amide bonds. The van der Waals surface area contributed by atoms with E-state index in [1.807, 2.05) is 30.3 Å². The van der Waals surface area contributed by atoms with E-state index >= 15 is 0 Å². The van der Waals surface area contributed by atoms with Crippen molar-refractivity contribution in [2.24, 2.45) is 9.98 Å². The molecule has 0 unspecified atom stereocenters. The molecule has 0 atom stereocenters. The predicted octanol–water partition coefficient (Wildman–Crippen LogP) is 5.82. The number of benzene rings is 2. The number of pyridine rings is 1. The number of nitrogens with zero attached hydrogens (tertiary/aromatic N) is 3. The first-order valence-electron chi connectivity index (χ1n) is 8.71. The van der Waals surface area contributed by atoms with Gasteiger partial charge in [-0.25, -0.2) is 4.98 Å². The summed E-state index contributed by atoms with van der Waals surface area (Å²) in [6, 6.07) is 18.3. The van der Waals surface area contributed by atoms with Gasteiger partial charge in [0.15, 0.2) is 0 Å². The van der Waals surface area contributed by atoms with Gasteiger partial charge in [0.2, 0.25) is 0 Å². The summed E-state index contributed by atoms with van der Waals surface area (Å²) in [5.41, 5.74) is 8.36. The molecule has 0 saturated carbocycles. The van der Waals surface area contributed by atoms with Gasteiger partial charge in [0.1, 0.15) is 0 Å². The molecule has 26 heavy (non-hydrogen) atoms. The smallest absolute Gasteiger partial charge is 0.0820 e. The Hall–Kier alpha value is -3.07. The molecule has 3 aromatic rings. The highest BCUT2D eigenvalue weighted by molar-refractivity contribution is 5.84. The van der Waals surface area contributed by atoms with Crippen molar-refractivity contribution in [1.82, 2.24) is 4.98 Å². The molecule has 0 spiro atoms. The first-order valence-corrected chi connectivity index (χ1v) is 8.71. The van der Waals surface area contributed by atoms with Gasteiger partial charge in [-0.3, -0.25) is 9.98 Å². The Morgan fingerprint density at radius 2 is 1.12 bits per heavy atom. The summed E-state index contributed by atoms with van der Waals surface area (Å²) in [4.78, 5) is 13.7. The monoisotopic (exact) mass is 341 g/mol. The van der Waals surface area contributed by atoms with Crippen LogP contribution >= 0.6 is 0 Å². The van der Waals surface area contributed by atoms with E-state index in [4.69, 9.17) is 0 Å². The first kappa shape index (κ1) is 17.7. The Balaban J connectivity index is 1.79. The fraction of sp³-hybridized carbons (Fsp3) is 0.174. The van der Waals surface area contributed by atoms with Gasteiger partial charge in [-0.2, -0.15) is 0 Å². The Labute approximate surface area is 155 Å². The lowest BCUT2D eigenvalue weighted by molar-refractivity contribution is 1.27. The molecule has 0 fully saturated rings. The summed E-state index contributed by atoms with van der Waals surface area (Å²) in [5.74, 6) is 0. The third-order valence-electron chi connectivity index (χ3n) is 4.17. The van der Waals surface area contributed by atoms with Crippen molar-refractivity contribution < 1.29 is 0 Å². The molecule has 3 nitrogen and oxygen atoms in total. The van der Waals surface area contributed by atoms with E-state index in [0.29, 0.717) is 0 Å². The molecule has 0 bridgehead atoms. The normalized spacial score (nSPS) is 11.5. The van der Waals surface area contributed by atoms with Crippen LogP contribution in [0.2, 0.25) is 0 Å². The maximum Gasteiger partial charge on any atom is 0.0820 e. The number of aromatic nitrogens is 1. The first-order chi connectivity index (χ1) is 12.5. The molecule has 0 aliphatic rings. The molecule has 3 rings (SSSR count). The average Bonchev–Trinajstić information content (AvgIpc) is 2.61. The Kier molecular flexibility index (Phi) is 5.37. The predicted molar refractivity (Wildman–Crippen MR) is 111 cm³/mol. The minimum absolute atomic E-state index is 0.814. The highest BCUT2D eigenvalue weighted by Gasteiger charge is 1.98. The van der Waals surface area contributed by atoms with E-state index in [1.54, 1.807) is 12.4 Å². The van der Waals surface area contributed by atoms with Crippen molar-refractivity contribution in [3.63, 3.8) is 0 Å². The molecule has 0 saturated heterocycles. The maximum absolute atomic E-state index is 4.60. The van der Waals surface area contributed by atoms with Crippen LogP contribution in [0.4, 0.5) is 11.4 Å². The van der Waals surface area contributed by atoms with Crippen LogP contribution in [0.5, 0.6) is 0 Å². The number of aliphatic imine (C=N–C) groups is 2. The van der Waals surface area contributed by atoms with Crippen molar-refractivity contribution in [2.45, 2.75) is 27.7 Å². The van der Waals surface area contributed by atoms with Crippen molar-refractivity contribution in [3.8, 4) is 0 Å². The molecule has 0 aliphatic heterocycles. The fourth-order valence-electron chi connectivity index (χ4n) is 2.78. The summed E-state index contributed by atoms with van der Waals surface area (Å²) in [7, 11) is 0. The number of hydrogen-bond acceptors (Lipinski definition) is 3. The van der Waals surface area contributed by atoms with Gasteiger partial charge in [-0.15, -0.1) is 0 Å². The van der Waals surface area contributed by atoms with E-state index in [9.17, 15) is 0 Å². The van der Waals surface area contributed by atoms with Crippen LogP contribution in [-0.4, -0.2) is 17.4 Å². The number of hydrogen-bond donors (Lipinski definition) is 0. The Morgan fingerprint density at radius 3 is 1.54 bits per heavy atom. The van der Waals surface area contributed by atoms with Gasteiger partial charge in [-0.1, -0.05) is 41.5 Å². The quantitative estimate of drug-likeness (QED) is 0.551. The third-order valence-corrected chi connectivity index (χ3v) is 4.17. The maximum atomic E-state index is 4.60. The Bertz CT molecular complexity index is 908. The SMILES string of the molecule is Cc1ccc(/N=C/c2cccc(/C=N/c3ccc(C)cc3C)n2)c(C)c1. The molecule has 1 aromatic heterocycles. The van der Waals surface area contributed by atoms with Crippen LogP contribution in [-0.2, 0) is 0 Å². The summed E-state index contributed by atoms with van der Waals surface area (Å²) >= 11 is 0. The summed E-state index contributed by atoms with van der Waals surface area (Å²) in [6.07, 6.45) is 3.60. The average molecular weight is 341 g/mol. The highest BCUT2D eigenvalue weighted by atomic mass is 14.8. The van der Waals surface area contributed by atoms with Crippen molar-refractivity contribution in [3.05, 3.63) is 88.2 Å². The second kappa shape index (κ2) is 7.87. The lowest BCUT2D eigenvalue weighted by Gasteiger charge is -2.02. The van der Waals surface area contributed by atoms with Gasteiger partial charge in [0.25, 0.3) is 0 Å². The van der Waals surface area contributed by atoms with Crippen LogP contribution in [0.15, 0.2) is 64.6 Å². The van der Waals surface area contributed by atoms with E-state index < -0.39 is 0 Å². The molecular formula is C23H23N3. The minimum atomic E-state index is 0.814. The lowest BCUT2D eigenvalue weighted by atomic mass is 10.1. The van der Waals surface area contributed by atoms with Gasteiger partial charge >= 0.3 is 0 Å². The van der Waals surface area contributed by atoms with Gasteiger partial charge in [0, 0.05) is 0 Å². The summed E-state index contributed by atoms with van der Waals surface area (Å²) < 4.78 is 0. The van der Waals surface area contributed by atoms with Gasteiger partial charge < -0.3 is 0 Å². The van der Waals surface area contributed by atoms with Crippen LogP contribution in [0.3, 0.4) is 0 Å². The summed E-state index contributed by atoms with van der Waals surface area (Å²) in [6.45, 7) is 8.31.